The van der Waals surface area contributed by atoms with E-state index in [2.05, 4.69) is 77.0 Å². The van der Waals surface area contributed by atoms with E-state index < -0.39 is 18.9 Å². The number of hydrogen-bond acceptors (Lipinski definition) is 0. The van der Waals surface area contributed by atoms with E-state index >= 15 is 0 Å². The van der Waals surface area contributed by atoms with E-state index in [0.29, 0.717) is 0 Å². The summed E-state index contributed by atoms with van der Waals surface area (Å²) in [6.07, 6.45) is 11.8. The number of benzene rings is 2. The molecule has 36 heavy (non-hydrogen) atoms. The predicted molar refractivity (Wildman–Crippen MR) is 154 cm³/mol. The Bertz CT molecular complexity index is 1200. The minimum Gasteiger partial charge on any atom is -0.150 e. The van der Waals surface area contributed by atoms with Gasteiger partial charge in [-0.3, -0.25) is 0 Å². The van der Waals surface area contributed by atoms with Gasteiger partial charge in [-0.15, -0.1) is 93.3 Å². The van der Waals surface area contributed by atoms with Crippen molar-refractivity contribution >= 4 is 42.8 Å². The van der Waals surface area contributed by atoms with E-state index in [0.717, 1.165) is 35.5 Å². The molecule has 8 rings (SSSR count). The van der Waals surface area contributed by atoms with Crippen LogP contribution in [0.15, 0.2) is 72.8 Å². The van der Waals surface area contributed by atoms with Crippen molar-refractivity contribution in [2.75, 3.05) is 0 Å². The Kier molecular flexibility index (Phi) is 7.73. The molecule has 3 heteroatoms. The summed E-state index contributed by atoms with van der Waals surface area (Å²) in [6, 6.07) is 27.2. The number of rotatable bonds is 6. The van der Waals surface area contributed by atoms with Crippen LogP contribution in [0.5, 0.6) is 0 Å². The number of hydrogen-bond donors (Lipinski definition) is 0. The molecule has 188 valence electrons. The first-order valence-corrected chi connectivity index (χ1v) is 22.0. The molecule has 4 fully saturated rings. The first-order valence-electron chi connectivity index (χ1n) is 13.9. The van der Waals surface area contributed by atoms with Crippen LogP contribution in [0.4, 0.5) is 0 Å². The second-order valence-electron chi connectivity index (χ2n) is 11.5. The van der Waals surface area contributed by atoms with Crippen LogP contribution in [0.2, 0.25) is 0 Å². The summed E-state index contributed by atoms with van der Waals surface area (Å²) in [6.45, 7) is 0. The Morgan fingerprint density at radius 3 is 1.22 bits per heavy atom. The summed E-state index contributed by atoms with van der Waals surface area (Å²) in [4.78, 5) is 0. The average Bonchev–Trinajstić information content (AvgIpc) is 3.69. The normalized spacial score (nSPS) is 19.2. The minimum atomic E-state index is -1.85. The van der Waals surface area contributed by atoms with Crippen LogP contribution in [-0.2, 0) is 18.9 Å². The standard InChI is InChI=1S/2C16H17.CH2.2ClH.Zr/c2*1-2-4-14-11(3-1)9-10-15(14)16(12-5-6-12)13-7-8-13;;;;/h2*1-4,9-10,12-13,16H,5-8H2;1H2;2*1H;/q2*-1;;;;+2/p-2. The molecular weight excluding hydrogens is 558 g/mol. The van der Waals surface area contributed by atoms with Gasteiger partial charge in [0.05, 0.1) is 0 Å². The van der Waals surface area contributed by atoms with Crippen LogP contribution in [0.1, 0.15) is 74.3 Å². The number of halogens is 2. The molecular formula is C33H36Cl2Zr-2. The zero-order valence-corrected chi connectivity index (χ0v) is 25.0. The molecule has 0 radical (unpaired) electrons. The largest absolute Gasteiger partial charge is 0.150 e. The Morgan fingerprint density at radius 2 is 0.917 bits per heavy atom. The fraction of sp³-hybridized carbons (Fsp3) is 0.424. The van der Waals surface area contributed by atoms with Crippen molar-refractivity contribution < 1.29 is 18.9 Å². The van der Waals surface area contributed by atoms with Crippen molar-refractivity contribution in [3.8, 4) is 0 Å². The molecule has 0 heterocycles. The molecule has 0 N–H and O–H groups in total. The molecule has 4 aliphatic rings. The van der Waals surface area contributed by atoms with Crippen LogP contribution < -0.4 is 0 Å². The molecule has 0 aliphatic heterocycles. The van der Waals surface area contributed by atoms with E-state index in [4.69, 9.17) is 17.0 Å². The van der Waals surface area contributed by atoms with Gasteiger partial charge in [0.25, 0.3) is 0 Å². The maximum absolute atomic E-state index is 5.13. The Hall–Kier alpha value is -1.01. The SMILES string of the molecule is [CH2]=[Zr]([Cl])[Cl].c1ccc2c(C(C3CC3)C3CC3)c[cH-]c2c1.c1ccc2c(C(C3CC3)C3CC3)c[cH-]c2c1. The third-order valence-electron chi connectivity index (χ3n) is 8.67. The molecule has 0 aromatic heterocycles. The second kappa shape index (κ2) is 11.0. The zero-order chi connectivity index (χ0) is 24.6. The van der Waals surface area contributed by atoms with Crippen LogP contribution in [0, 0.1) is 23.7 Å². The summed E-state index contributed by atoms with van der Waals surface area (Å²) < 4.78 is 3.37. The van der Waals surface area contributed by atoms with Crippen molar-refractivity contribution in [3.05, 3.63) is 83.9 Å². The van der Waals surface area contributed by atoms with Crippen molar-refractivity contribution in [1.82, 2.24) is 0 Å². The Labute approximate surface area is 231 Å². The number of fused-ring (bicyclic) bond motifs is 2. The quantitative estimate of drug-likeness (QED) is 0.195. The molecule has 0 saturated heterocycles. The Balaban J connectivity index is 0.000000117. The average molecular weight is 595 g/mol. The smallest absolute Gasteiger partial charge is 0.0430 e. The monoisotopic (exact) mass is 592 g/mol. The molecule has 0 amide bonds. The van der Waals surface area contributed by atoms with E-state index in [1.165, 1.54) is 72.9 Å². The van der Waals surface area contributed by atoms with Crippen molar-refractivity contribution in [1.29, 1.82) is 0 Å². The summed E-state index contributed by atoms with van der Waals surface area (Å²) in [5.41, 5.74) is 3.31. The van der Waals surface area contributed by atoms with Gasteiger partial charge in [-0.2, -0.15) is 0 Å². The molecule has 4 aromatic rings. The predicted octanol–water partition coefficient (Wildman–Crippen LogP) is 10.3. The van der Waals surface area contributed by atoms with Gasteiger partial charge in [-0.05, 0) is 23.7 Å². The van der Waals surface area contributed by atoms with Crippen molar-refractivity contribution in [3.63, 3.8) is 0 Å². The summed E-state index contributed by atoms with van der Waals surface area (Å²) in [5, 5.41) is 5.91. The summed E-state index contributed by atoms with van der Waals surface area (Å²) in [7, 11) is 10.3. The molecule has 4 saturated carbocycles. The van der Waals surface area contributed by atoms with Crippen LogP contribution in [0.25, 0.3) is 21.5 Å². The van der Waals surface area contributed by atoms with Crippen LogP contribution in [0.3, 0.4) is 0 Å². The van der Waals surface area contributed by atoms with Crippen molar-refractivity contribution in [2.24, 2.45) is 23.7 Å². The van der Waals surface area contributed by atoms with Crippen LogP contribution >= 0.6 is 17.0 Å². The third-order valence-corrected chi connectivity index (χ3v) is 8.67. The van der Waals surface area contributed by atoms with E-state index in [1.807, 2.05) is 0 Å². The van der Waals surface area contributed by atoms with Gasteiger partial charge < -0.3 is 0 Å². The van der Waals surface area contributed by atoms with Gasteiger partial charge in [0, 0.05) is 0 Å². The first kappa shape index (κ1) is 25.3. The maximum atomic E-state index is 5.13. The van der Waals surface area contributed by atoms with Gasteiger partial charge >= 0.3 is 40.1 Å². The second-order valence-corrected chi connectivity index (χ2v) is 19.7. The topological polar surface area (TPSA) is 0 Å². The first-order chi connectivity index (χ1) is 17.6. The maximum Gasteiger partial charge on any atom is -0.0430 e. The van der Waals surface area contributed by atoms with Gasteiger partial charge in [0.15, 0.2) is 0 Å². The molecule has 0 atom stereocenters. The minimum absolute atomic E-state index is 0.889. The Morgan fingerprint density at radius 1 is 0.611 bits per heavy atom. The summed E-state index contributed by atoms with van der Waals surface area (Å²) in [5.74, 6) is 5.83. The zero-order valence-electron chi connectivity index (χ0n) is 21.0. The summed E-state index contributed by atoms with van der Waals surface area (Å²) >= 11 is -1.85. The molecule has 4 aliphatic carbocycles. The molecule has 0 bridgehead atoms. The van der Waals surface area contributed by atoms with Gasteiger partial charge in [0.2, 0.25) is 0 Å². The fourth-order valence-corrected chi connectivity index (χ4v) is 6.54. The van der Waals surface area contributed by atoms with Gasteiger partial charge in [0.1, 0.15) is 0 Å². The molecule has 4 aromatic carbocycles. The van der Waals surface area contributed by atoms with E-state index in [9.17, 15) is 0 Å². The van der Waals surface area contributed by atoms with Crippen LogP contribution in [-0.4, -0.2) is 4.21 Å². The van der Waals surface area contributed by atoms with E-state index in [1.54, 1.807) is 11.1 Å². The molecule has 0 nitrogen and oxygen atoms in total. The van der Waals surface area contributed by atoms with Gasteiger partial charge in [-0.1, -0.05) is 75.3 Å². The third kappa shape index (κ3) is 6.00. The van der Waals surface area contributed by atoms with E-state index in [-0.39, 0.29) is 0 Å². The van der Waals surface area contributed by atoms with Crippen molar-refractivity contribution in [2.45, 2.75) is 63.2 Å². The van der Waals surface area contributed by atoms with Gasteiger partial charge in [-0.25, -0.2) is 0 Å². The molecule has 0 unspecified atom stereocenters. The molecule has 0 spiro atoms. The fourth-order valence-electron chi connectivity index (χ4n) is 6.54.